The van der Waals surface area contributed by atoms with Gasteiger partial charge in [0.1, 0.15) is 12.7 Å². The Bertz CT molecular complexity index is 1610. The molecule has 1 N–H and O–H groups in total. The lowest BCUT2D eigenvalue weighted by Crippen LogP contribution is -2.42. The van der Waals surface area contributed by atoms with Crippen molar-refractivity contribution in [3.63, 3.8) is 0 Å². The van der Waals surface area contributed by atoms with E-state index in [-0.39, 0.29) is 28.9 Å². The van der Waals surface area contributed by atoms with Crippen molar-refractivity contribution in [2.24, 2.45) is 17.3 Å². The molecule has 184 valence electrons. The lowest BCUT2D eigenvalue weighted by molar-refractivity contribution is 0.393. The molecule has 0 bridgehead atoms. The zero-order valence-corrected chi connectivity index (χ0v) is 20.0. The van der Waals surface area contributed by atoms with Crippen LogP contribution in [0.25, 0.3) is 10.9 Å². The average Bonchev–Trinajstić information content (AvgIpc) is 3.26. The van der Waals surface area contributed by atoms with Gasteiger partial charge in [0.05, 0.1) is 46.3 Å². The quantitative estimate of drug-likeness (QED) is 0.499. The minimum atomic E-state index is -4.08. The molecule has 1 aliphatic carbocycles. The van der Waals surface area contributed by atoms with E-state index in [1.54, 1.807) is 31.0 Å². The van der Waals surface area contributed by atoms with Crippen LogP contribution in [0.4, 0.5) is 4.39 Å². The number of fused-ring (bicyclic) bond motifs is 1. The van der Waals surface area contributed by atoms with Gasteiger partial charge in [-0.15, -0.1) is 0 Å². The van der Waals surface area contributed by atoms with Crippen molar-refractivity contribution < 1.29 is 12.8 Å². The monoisotopic (exact) mass is 501 g/mol. The van der Waals surface area contributed by atoms with E-state index in [0.29, 0.717) is 18.4 Å². The molecule has 1 aliphatic heterocycles. The van der Waals surface area contributed by atoms with Crippen molar-refractivity contribution in [1.82, 2.24) is 23.6 Å². The highest BCUT2D eigenvalue weighted by molar-refractivity contribution is 7.89. The van der Waals surface area contributed by atoms with Gasteiger partial charge in [0.2, 0.25) is 10.0 Å². The number of hydrogen-bond donors (Lipinski definition) is 1. The normalized spacial score (nSPS) is 18.8. The van der Waals surface area contributed by atoms with Crippen LogP contribution in [-0.2, 0) is 30.2 Å². The molecule has 0 spiro atoms. The summed E-state index contributed by atoms with van der Waals surface area (Å²) in [5.74, 6) is 0. The molecule has 0 saturated heterocycles. The number of aromatic nitrogens is 4. The van der Waals surface area contributed by atoms with Gasteiger partial charge in [0.15, 0.2) is 0 Å². The van der Waals surface area contributed by atoms with E-state index in [9.17, 15) is 22.4 Å². The third-order valence-corrected chi connectivity index (χ3v) is 7.81. The van der Waals surface area contributed by atoms with E-state index in [2.05, 4.69) is 20.0 Å². The Kier molecular flexibility index (Phi) is 5.55. The molecule has 1 atom stereocenters. The van der Waals surface area contributed by atoms with Crippen LogP contribution in [0, 0.1) is 0 Å². The number of hydrogen-bond acceptors (Lipinski definition) is 7. The highest BCUT2D eigenvalue weighted by Crippen LogP contribution is 2.37. The number of nitrogens with zero attached hydrogens (tertiary/aromatic N) is 6. The molecule has 13 heteroatoms. The Balaban J connectivity index is 1.66. The lowest BCUT2D eigenvalue weighted by atomic mass is 10.2. The van der Waals surface area contributed by atoms with Crippen molar-refractivity contribution >= 4 is 20.9 Å². The predicted molar refractivity (Wildman–Crippen MR) is 125 cm³/mol. The van der Waals surface area contributed by atoms with Gasteiger partial charge in [0, 0.05) is 18.8 Å². The highest BCUT2D eigenvalue weighted by Gasteiger charge is 2.46. The van der Waals surface area contributed by atoms with E-state index in [0.717, 1.165) is 10.3 Å². The second-order valence-electron chi connectivity index (χ2n) is 9.10. The third-order valence-electron chi connectivity index (χ3n) is 6.23. The number of azo groups is 1. The van der Waals surface area contributed by atoms with Gasteiger partial charge < -0.3 is 0 Å². The Morgan fingerprint density at radius 2 is 2.00 bits per heavy atom. The Labute approximate surface area is 199 Å². The molecule has 1 fully saturated rings. The molecule has 1 saturated carbocycles. The molecule has 3 heterocycles. The smallest absolute Gasteiger partial charge is 0.291 e. The average molecular weight is 502 g/mol. The molecule has 1 aromatic carbocycles. The molecule has 3 aromatic rings. The number of benzene rings is 1. The molecular formula is C22H24FN7O4S. The van der Waals surface area contributed by atoms with Crippen LogP contribution >= 0.6 is 0 Å². The summed E-state index contributed by atoms with van der Waals surface area (Å²) in [6.45, 7) is 1.07. The Morgan fingerprint density at radius 3 is 2.60 bits per heavy atom. The zero-order chi connectivity index (χ0) is 25.0. The van der Waals surface area contributed by atoms with Crippen molar-refractivity contribution in [1.29, 1.82) is 0 Å². The largest absolute Gasteiger partial charge is 0.331 e. The van der Waals surface area contributed by atoms with E-state index in [4.69, 9.17) is 0 Å². The van der Waals surface area contributed by atoms with E-state index in [1.165, 1.54) is 22.8 Å². The summed E-state index contributed by atoms with van der Waals surface area (Å²) >= 11 is 0. The summed E-state index contributed by atoms with van der Waals surface area (Å²) in [4.78, 5) is 26.7. The number of aryl methyl sites for hydroxylation is 1. The fraction of sp³-hybridized carbons (Fsp3) is 0.409. The first-order valence-electron chi connectivity index (χ1n) is 11.0. The summed E-state index contributed by atoms with van der Waals surface area (Å²) in [6, 6.07) is 3.58. The molecule has 0 radical (unpaired) electrons. The van der Waals surface area contributed by atoms with E-state index < -0.39 is 39.5 Å². The second kappa shape index (κ2) is 8.34. The predicted octanol–water partition coefficient (Wildman–Crippen LogP) is 1.46. The maximum atomic E-state index is 13.4. The number of nitrogens with one attached hydrogen (secondary N) is 1. The standard InChI is InChI=1S/C22H24FN7O4S/c1-14-7-16(26-25-14)12-29-19-4-3-17(35(33,34)27-22(13-23)5-6-22)8-18(19)20(31)30(21(29)32)11-15-9-24-28(2)10-15/h3-4,7-10,16,27H,5-6,11-13H2,1-2H3. The molecule has 5 rings (SSSR count). The highest BCUT2D eigenvalue weighted by atomic mass is 32.2. The molecule has 2 aliphatic rings. The van der Waals surface area contributed by atoms with Crippen molar-refractivity contribution in [2.75, 3.05) is 6.67 Å². The first-order valence-corrected chi connectivity index (χ1v) is 12.5. The maximum Gasteiger partial charge on any atom is 0.331 e. The minimum absolute atomic E-state index is 0.0390. The topological polar surface area (TPSA) is 133 Å². The molecule has 1 unspecified atom stereocenters. The fourth-order valence-electron chi connectivity index (χ4n) is 4.17. The molecule has 35 heavy (non-hydrogen) atoms. The number of rotatable bonds is 8. The lowest BCUT2D eigenvalue weighted by Gasteiger charge is -2.17. The molecule has 2 aromatic heterocycles. The fourth-order valence-corrected chi connectivity index (χ4v) is 5.63. The summed E-state index contributed by atoms with van der Waals surface area (Å²) in [5.41, 5.74) is -0.627. The first-order chi connectivity index (χ1) is 16.6. The molecular weight excluding hydrogens is 477 g/mol. The van der Waals surface area contributed by atoms with Crippen LogP contribution < -0.4 is 16.0 Å². The van der Waals surface area contributed by atoms with Gasteiger partial charge in [-0.25, -0.2) is 22.3 Å². The van der Waals surface area contributed by atoms with Gasteiger partial charge in [-0.05, 0) is 44.0 Å². The molecule has 11 nitrogen and oxygen atoms in total. The summed E-state index contributed by atoms with van der Waals surface area (Å²) < 4.78 is 45.6. The summed E-state index contributed by atoms with van der Waals surface area (Å²) in [5, 5.41) is 12.3. The van der Waals surface area contributed by atoms with Gasteiger partial charge in [-0.2, -0.15) is 15.3 Å². The van der Waals surface area contributed by atoms with Crippen LogP contribution in [0.2, 0.25) is 0 Å². The third kappa shape index (κ3) is 4.36. The minimum Gasteiger partial charge on any atom is -0.291 e. The number of alkyl halides is 1. The van der Waals surface area contributed by atoms with Gasteiger partial charge in [-0.3, -0.25) is 18.6 Å². The van der Waals surface area contributed by atoms with Crippen molar-refractivity contribution in [2.45, 2.75) is 49.3 Å². The van der Waals surface area contributed by atoms with Crippen LogP contribution in [-0.4, -0.2) is 45.6 Å². The van der Waals surface area contributed by atoms with E-state index >= 15 is 0 Å². The van der Waals surface area contributed by atoms with Crippen LogP contribution in [0.3, 0.4) is 0 Å². The van der Waals surface area contributed by atoms with Crippen LogP contribution in [0.1, 0.15) is 25.3 Å². The second-order valence-corrected chi connectivity index (χ2v) is 10.8. The van der Waals surface area contributed by atoms with Crippen LogP contribution in [0.5, 0.6) is 0 Å². The number of halogens is 1. The Hall–Kier alpha value is -3.45. The molecule has 0 amide bonds. The van der Waals surface area contributed by atoms with Crippen molar-refractivity contribution in [3.05, 3.63) is 68.8 Å². The first kappa shape index (κ1) is 23.3. The van der Waals surface area contributed by atoms with Crippen molar-refractivity contribution in [3.8, 4) is 0 Å². The SMILES string of the molecule is CC1=CC(Cn2c(=O)n(Cc3cnn(C)c3)c(=O)c3cc(S(=O)(=O)NC4(CF)CC4)ccc32)N=N1. The van der Waals surface area contributed by atoms with Gasteiger partial charge in [0.25, 0.3) is 5.56 Å². The maximum absolute atomic E-state index is 13.4. The summed E-state index contributed by atoms with van der Waals surface area (Å²) in [6.07, 6.45) is 5.88. The zero-order valence-electron chi connectivity index (χ0n) is 19.2. The van der Waals surface area contributed by atoms with Gasteiger partial charge >= 0.3 is 5.69 Å². The number of allylic oxidation sites excluding steroid dienone is 1. The number of sulfonamides is 1. The van der Waals surface area contributed by atoms with E-state index in [1.807, 2.05) is 6.08 Å². The summed E-state index contributed by atoms with van der Waals surface area (Å²) in [7, 11) is -2.36. The Morgan fingerprint density at radius 1 is 1.23 bits per heavy atom. The van der Waals surface area contributed by atoms with Crippen LogP contribution in [0.15, 0.2) is 67.1 Å². The van der Waals surface area contributed by atoms with Gasteiger partial charge in [-0.1, -0.05) is 0 Å².